The van der Waals surface area contributed by atoms with Crippen LogP contribution in [0.4, 0.5) is 0 Å². The van der Waals surface area contributed by atoms with Crippen molar-refractivity contribution < 1.29 is 9.59 Å². The molecule has 0 unspecified atom stereocenters. The quantitative estimate of drug-likeness (QED) is 0.733. The number of hydrogen-bond donors (Lipinski definition) is 0. The summed E-state index contributed by atoms with van der Waals surface area (Å²) in [5.74, 6) is 0.577. The van der Waals surface area contributed by atoms with Crippen LogP contribution in [-0.2, 0) is 9.59 Å². The molecule has 25 heavy (non-hydrogen) atoms. The molecule has 3 rings (SSSR count). The summed E-state index contributed by atoms with van der Waals surface area (Å²) in [5.41, 5.74) is 0.218. The Kier molecular flexibility index (Phi) is 5.82. The number of carbonyl (C=O) groups excluding carboxylic acids is 2. The fourth-order valence-corrected chi connectivity index (χ4v) is 4.80. The summed E-state index contributed by atoms with van der Waals surface area (Å²) in [6.45, 7) is 8.08. The third-order valence-electron chi connectivity index (χ3n) is 6.61. The topological polar surface area (TPSA) is 43.9 Å². The molecule has 0 aromatic carbocycles. The third-order valence-corrected chi connectivity index (χ3v) is 6.61. The molecule has 3 aliphatic heterocycles. The first-order valence-corrected chi connectivity index (χ1v) is 9.90. The highest BCUT2D eigenvalue weighted by Crippen LogP contribution is 2.40. The molecule has 0 radical (unpaired) electrons. The Morgan fingerprint density at radius 2 is 2.00 bits per heavy atom. The molecule has 0 aliphatic carbocycles. The molecule has 5 heteroatoms. The van der Waals surface area contributed by atoms with Gasteiger partial charge in [0, 0.05) is 45.1 Å². The minimum absolute atomic E-state index is 0.218. The van der Waals surface area contributed by atoms with Crippen molar-refractivity contribution in [3.63, 3.8) is 0 Å². The van der Waals surface area contributed by atoms with Crippen molar-refractivity contribution in [2.24, 2.45) is 5.41 Å². The predicted molar refractivity (Wildman–Crippen MR) is 99.1 cm³/mol. The van der Waals surface area contributed by atoms with Gasteiger partial charge in [-0.2, -0.15) is 0 Å². The molecule has 1 atom stereocenters. The molecule has 0 aromatic heterocycles. The van der Waals surface area contributed by atoms with Crippen LogP contribution in [0.1, 0.15) is 51.4 Å². The van der Waals surface area contributed by atoms with Crippen LogP contribution in [0.2, 0.25) is 0 Å². The number of rotatable bonds is 4. The van der Waals surface area contributed by atoms with Gasteiger partial charge in [0.1, 0.15) is 0 Å². The molecule has 3 saturated heterocycles. The number of hydrogen-bond acceptors (Lipinski definition) is 3. The summed E-state index contributed by atoms with van der Waals surface area (Å²) in [6, 6.07) is 0.424. The monoisotopic (exact) mass is 347 g/mol. The van der Waals surface area contributed by atoms with Gasteiger partial charge in [-0.15, -0.1) is 6.58 Å². The van der Waals surface area contributed by atoms with Crippen LogP contribution in [0, 0.1) is 5.41 Å². The van der Waals surface area contributed by atoms with E-state index in [0.29, 0.717) is 31.3 Å². The molecule has 0 saturated carbocycles. The Labute approximate surface area is 152 Å². The van der Waals surface area contributed by atoms with E-state index < -0.39 is 0 Å². The van der Waals surface area contributed by atoms with E-state index >= 15 is 0 Å². The highest BCUT2D eigenvalue weighted by atomic mass is 16.2. The molecule has 3 heterocycles. The second-order valence-electron chi connectivity index (χ2n) is 8.28. The molecule has 3 aliphatic rings. The van der Waals surface area contributed by atoms with Crippen molar-refractivity contribution in [1.82, 2.24) is 14.7 Å². The predicted octanol–water partition coefficient (Wildman–Crippen LogP) is 2.28. The fourth-order valence-electron chi connectivity index (χ4n) is 4.80. The average Bonchev–Trinajstić information content (AvgIpc) is 2.61. The van der Waals surface area contributed by atoms with Crippen LogP contribution in [0.5, 0.6) is 0 Å². The molecule has 0 bridgehead atoms. The van der Waals surface area contributed by atoms with Gasteiger partial charge in [-0.3, -0.25) is 9.59 Å². The summed E-state index contributed by atoms with van der Waals surface area (Å²) in [6.07, 6.45) is 9.83. The van der Waals surface area contributed by atoms with Gasteiger partial charge in [-0.05, 0) is 51.1 Å². The van der Waals surface area contributed by atoms with Crippen LogP contribution < -0.4 is 0 Å². The van der Waals surface area contributed by atoms with Gasteiger partial charge in [0.15, 0.2) is 0 Å². The van der Waals surface area contributed by atoms with Crippen LogP contribution in [0.25, 0.3) is 0 Å². The van der Waals surface area contributed by atoms with Gasteiger partial charge < -0.3 is 14.7 Å². The van der Waals surface area contributed by atoms with Crippen molar-refractivity contribution in [3.8, 4) is 0 Å². The van der Waals surface area contributed by atoms with Crippen LogP contribution in [0.3, 0.4) is 0 Å². The second kappa shape index (κ2) is 7.90. The van der Waals surface area contributed by atoms with E-state index in [0.717, 1.165) is 51.9 Å². The van der Waals surface area contributed by atoms with Gasteiger partial charge >= 0.3 is 0 Å². The smallest absolute Gasteiger partial charge is 0.224 e. The molecule has 2 amide bonds. The van der Waals surface area contributed by atoms with E-state index in [4.69, 9.17) is 0 Å². The lowest BCUT2D eigenvalue weighted by Gasteiger charge is -2.47. The largest absolute Gasteiger partial charge is 0.343 e. The molecule has 5 nitrogen and oxygen atoms in total. The zero-order chi connectivity index (χ0) is 17.9. The van der Waals surface area contributed by atoms with Crippen molar-refractivity contribution in [1.29, 1.82) is 0 Å². The van der Waals surface area contributed by atoms with Crippen molar-refractivity contribution in [2.75, 3.05) is 39.8 Å². The van der Waals surface area contributed by atoms with Gasteiger partial charge in [-0.1, -0.05) is 12.5 Å². The maximum atomic E-state index is 12.7. The fraction of sp³-hybridized carbons (Fsp3) is 0.800. The summed E-state index contributed by atoms with van der Waals surface area (Å²) >= 11 is 0. The summed E-state index contributed by atoms with van der Waals surface area (Å²) in [7, 11) is 2.15. The van der Waals surface area contributed by atoms with Crippen LogP contribution >= 0.6 is 0 Å². The maximum Gasteiger partial charge on any atom is 0.224 e. The van der Waals surface area contributed by atoms with E-state index in [-0.39, 0.29) is 11.3 Å². The Bertz CT molecular complexity index is 511. The molecule has 0 N–H and O–H groups in total. The molecular weight excluding hydrogens is 314 g/mol. The zero-order valence-electron chi connectivity index (χ0n) is 15.7. The number of nitrogens with zero attached hydrogens (tertiary/aromatic N) is 3. The van der Waals surface area contributed by atoms with E-state index in [1.54, 1.807) is 0 Å². The van der Waals surface area contributed by atoms with E-state index in [2.05, 4.69) is 23.4 Å². The lowest BCUT2D eigenvalue weighted by Crippen LogP contribution is -2.53. The standard InChI is InChI=1S/C20H33N3O2/c1-3-11-23-16-20(8-7-18(23)24)9-13-22(14-10-20)19(25)15-17-6-4-5-12-21(17)2/h3,17H,1,4-16H2,2H3/t17-/m1/s1. The molecular formula is C20H33N3O2. The molecule has 140 valence electrons. The van der Waals surface area contributed by atoms with Crippen molar-refractivity contribution in [2.45, 2.75) is 57.4 Å². The maximum absolute atomic E-state index is 12.7. The number of likely N-dealkylation sites (tertiary alicyclic amines) is 3. The highest BCUT2D eigenvalue weighted by Gasteiger charge is 2.41. The normalized spacial score (nSPS) is 27.6. The first-order valence-electron chi connectivity index (χ1n) is 9.90. The second-order valence-corrected chi connectivity index (χ2v) is 8.28. The van der Waals surface area contributed by atoms with Gasteiger partial charge in [0.25, 0.3) is 0 Å². The summed E-state index contributed by atoms with van der Waals surface area (Å²) in [5, 5.41) is 0. The molecule has 0 aromatic rings. The Hall–Kier alpha value is -1.36. The number of carbonyl (C=O) groups is 2. The summed E-state index contributed by atoms with van der Waals surface area (Å²) < 4.78 is 0. The Morgan fingerprint density at radius 1 is 1.24 bits per heavy atom. The van der Waals surface area contributed by atoms with Gasteiger partial charge in [0.05, 0.1) is 0 Å². The van der Waals surface area contributed by atoms with Gasteiger partial charge in [0.2, 0.25) is 11.8 Å². The van der Waals surface area contributed by atoms with Crippen LogP contribution in [-0.4, -0.2) is 72.3 Å². The first-order chi connectivity index (χ1) is 12.0. The minimum atomic E-state index is 0.218. The average molecular weight is 348 g/mol. The Balaban J connectivity index is 1.51. The summed E-state index contributed by atoms with van der Waals surface area (Å²) in [4.78, 5) is 31.1. The lowest BCUT2D eigenvalue weighted by molar-refractivity contribution is -0.142. The van der Waals surface area contributed by atoms with Crippen molar-refractivity contribution in [3.05, 3.63) is 12.7 Å². The van der Waals surface area contributed by atoms with Gasteiger partial charge in [-0.25, -0.2) is 0 Å². The SMILES string of the molecule is C=CCN1CC2(CCC1=O)CCN(C(=O)C[C@H]1CCCCN1C)CC2. The third kappa shape index (κ3) is 4.25. The first kappa shape index (κ1) is 18.4. The minimum Gasteiger partial charge on any atom is -0.343 e. The number of piperidine rings is 3. The van der Waals surface area contributed by atoms with Crippen LogP contribution in [0.15, 0.2) is 12.7 Å². The van der Waals surface area contributed by atoms with E-state index in [1.165, 1.54) is 12.8 Å². The Morgan fingerprint density at radius 3 is 2.68 bits per heavy atom. The zero-order valence-corrected chi connectivity index (χ0v) is 15.7. The lowest BCUT2D eigenvalue weighted by atomic mass is 9.72. The molecule has 1 spiro atoms. The molecule has 3 fully saturated rings. The number of amides is 2. The van der Waals surface area contributed by atoms with E-state index in [1.807, 2.05) is 11.0 Å². The highest BCUT2D eigenvalue weighted by molar-refractivity contribution is 5.78. The van der Waals surface area contributed by atoms with Crippen molar-refractivity contribution >= 4 is 11.8 Å². The van der Waals surface area contributed by atoms with E-state index in [9.17, 15) is 9.59 Å².